The molecule has 0 unspecified atom stereocenters. The van der Waals surface area contributed by atoms with Crippen LogP contribution in [0, 0.1) is 16.5 Å². The predicted octanol–water partition coefficient (Wildman–Crippen LogP) is 2.80. The topological polar surface area (TPSA) is 72.2 Å². The number of nitro groups is 1. The van der Waals surface area contributed by atoms with E-state index in [-0.39, 0.29) is 16.5 Å². The van der Waals surface area contributed by atoms with Crippen molar-refractivity contribution in [3.63, 3.8) is 0 Å². The number of carbonyl (C=O) groups excluding carboxylic acids is 1. The maximum atomic E-state index is 11.0. The maximum absolute atomic E-state index is 11.0. The number of nitrogens with one attached hydrogen (secondary N) is 1. The van der Waals surface area contributed by atoms with Gasteiger partial charge in [-0.25, -0.2) is 0 Å². The SMILES string of the molecule is CC(=O)Nc1ccc(C2=C([N+](=O)[O-])C=CC[CH]2)cc1. The molecule has 1 amide bonds. The molecular formula is C14H13N2O3. The molecule has 5 nitrogen and oxygen atoms in total. The Hall–Kier alpha value is -2.43. The van der Waals surface area contributed by atoms with Crippen LogP contribution in [0.5, 0.6) is 0 Å². The first-order valence-electron chi connectivity index (χ1n) is 5.84. The molecule has 0 aliphatic heterocycles. The zero-order valence-corrected chi connectivity index (χ0v) is 10.4. The Kier molecular flexibility index (Phi) is 3.75. The van der Waals surface area contributed by atoms with E-state index in [4.69, 9.17) is 0 Å². The summed E-state index contributed by atoms with van der Waals surface area (Å²) in [6.45, 7) is 1.43. The molecule has 0 aromatic heterocycles. The molecule has 0 spiro atoms. The number of carbonyl (C=O) groups is 1. The fraction of sp³-hybridized carbons (Fsp3) is 0.143. The lowest BCUT2D eigenvalue weighted by atomic mass is 9.95. The summed E-state index contributed by atoms with van der Waals surface area (Å²) in [5, 5.41) is 13.6. The molecular weight excluding hydrogens is 244 g/mol. The third-order valence-corrected chi connectivity index (χ3v) is 2.72. The minimum Gasteiger partial charge on any atom is -0.326 e. The van der Waals surface area contributed by atoms with Gasteiger partial charge in [0.25, 0.3) is 5.70 Å². The highest BCUT2D eigenvalue weighted by molar-refractivity contribution is 5.89. The largest absolute Gasteiger partial charge is 0.326 e. The monoisotopic (exact) mass is 257 g/mol. The zero-order chi connectivity index (χ0) is 13.8. The van der Waals surface area contributed by atoms with Crippen molar-refractivity contribution in [3.05, 3.63) is 64.2 Å². The van der Waals surface area contributed by atoms with E-state index < -0.39 is 0 Å². The van der Waals surface area contributed by atoms with Crippen LogP contribution in [-0.2, 0) is 4.79 Å². The van der Waals surface area contributed by atoms with Gasteiger partial charge in [0.2, 0.25) is 5.91 Å². The number of hydrogen-bond acceptors (Lipinski definition) is 3. The molecule has 2 rings (SSSR count). The number of anilines is 1. The molecule has 0 atom stereocenters. The highest BCUT2D eigenvalue weighted by atomic mass is 16.6. The van der Waals surface area contributed by atoms with Crippen LogP contribution in [0.3, 0.4) is 0 Å². The van der Waals surface area contributed by atoms with Gasteiger partial charge in [-0.05, 0) is 24.1 Å². The van der Waals surface area contributed by atoms with Crippen LogP contribution < -0.4 is 5.32 Å². The molecule has 19 heavy (non-hydrogen) atoms. The van der Waals surface area contributed by atoms with Gasteiger partial charge in [-0.2, -0.15) is 0 Å². The van der Waals surface area contributed by atoms with Crippen molar-refractivity contribution < 1.29 is 9.72 Å². The van der Waals surface area contributed by atoms with Gasteiger partial charge >= 0.3 is 0 Å². The van der Waals surface area contributed by atoms with E-state index in [0.717, 1.165) is 5.56 Å². The van der Waals surface area contributed by atoms with Crippen molar-refractivity contribution in [2.75, 3.05) is 5.32 Å². The number of nitrogens with zero attached hydrogens (tertiary/aromatic N) is 1. The number of rotatable bonds is 3. The van der Waals surface area contributed by atoms with E-state index in [9.17, 15) is 14.9 Å². The van der Waals surface area contributed by atoms with Crippen molar-refractivity contribution in [1.29, 1.82) is 0 Å². The predicted molar refractivity (Wildman–Crippen MR) is 72.7 cm³/mol. The summed E-state index contributed by atoms with van der Waals surface area (Å²) >= 11 is 0. The highest BCUT2D eigenvalue weighted by Gasteiger charge is 2.19. The van der Waals surface area contributed by atoms with E-state index in [2.05, 4.69) is 5.32 Å². The van der Waals surface area contributed by atoms with Gasteiger partial charge in [0.1, 0.15) is 0 Å². The third kappa shape index (κ3) is 3.07. The summed E-state index contributed by atoms with van der Waals surface area (Å²) in [5.41, 5.74) is 2.15. The van der Waals surface area contributed by atoms with E-state index in [0.29, 0.717) is 17.7 Å². The average molecular weight is 257 g/mol. The molecule has 1 aromatic rings. The summed E-state index contributed by atoms with van der Waals surface area (Å²) in [5.74, 6) is -0.148. The molecule has 1 aliphatic rings. The summed E-state index contributed by atoms with van der Waals surface area (Å²) < 4.78 is 0. The van der Waals surface area contributed by atoms with Gasteiger partial charge in [0, 0.05) is 30.7 Å². The molecule has 0 heterocycles. The summed E-state index contributed by atoms with van der Waals surface area (Å²) in [6, 6.07) is 6.99. The quantitative estimate of drug-likeness (QED) is 0.668. The Labute approximate surface area is 110 Å². The van der Waals surface area contributed by atoms with Gasteiger partial charge in [-0.1, -0.05) is 18.2 Å². The fourth-order valence-electron chi connectivity index (χ4n) is 1.92. The van der Waals surface area contributed by atoms with Crippen LogP contribution in [-0.4, -0.2) is 10.8 Å². The van der Waals surface area contributed by atoms with E-state index in [1.54, 1.807) is 30.3 Å². The highest BCUT2D eigenvalue weighted by Crippen LogP contribution is 2.28. The Morgan fingerprint density at radius 1 is 1.32 bits per heavy atom. The van der Waals surface area contributed by atoms with E-state index >= 15 is 0 Å². The Balaban J connectivity index is 2.33. The molecule has 1 radical (unpaired) electrons. The van der Waals surface area contributed by atoms with Crippen LogP contribution in [0.25, 0.3) is 5.57 Å². The average Bonchev–Trinajstić information content (AvgIpc) is 2.39. The van der Waals surface area contributed by atoms with Crippen molar-refractivity contribution >= 4 is 17.2 Å². The second kappa shape index (κ2) is 5.48. The van der Waals surface area contributed by atoms with Crippen molar-refractivity contribution in [2.24, 2.45) is 0 Å². The summed E-state index contributed by atoms with van der Waals surface area (Å²) in [7, 11) is 0. The standard InChI is InChI=1S/C14H13N2O3/c1-10(17)15-12-8-6-11(7-9-12)13-4-2-3-5-14(13)16(18)19/h3-9H,2H2,1H3,(H,15,17). The second-order valence-corrected chi connectivity index (χ2v) is 4.16. The van der Waals surface area contributed by atoms with E-state index in [1.165, 1.54) is 13.0 Å². The van der Waals surface area contributed by atoms with Gasteiger partial charge in [0.15, 0.2) is 0 Å². The van der Waals surface area contributed by atoms with Gasteiger partial charge in [-0.3, -0.25) is 14.9 Å². The fourth-order valence-corrected chi connectivity index (χ4v) is 1.92. The van der Waals surface area contributed by atoms with Gasteiger partial charge in [0.05, 0.1) is 4.92 Å². The van der Waals surface area contributed by atoms with Crippen LogP contribution in [0.1, 0.15) is 18.9 Å². The van der Waals surface area contributed by atoms with Gasteiger partial charge in [-0.15, -0.1) is 0 Å². The third-order valence-electron chi connectivity index (χ3n) is 2.72. The first-order chi connectivity index (χ1) is 9.08. The molecule has 97 valence electrons. The van der Waals surface area contributed by atoms with Crippen molar-refractivity contribution in [2.45, 2.75) is 13.3 Å². The molecule has 0 saturated carbocycles. The van der Waals surface area contributed by atoms with Gasteiger partial charge < -0.3 is 5.32 Å². The maximum Gasteiger partial charge on any atom is 0.273 e. The summed E-state index contributed by atoms with van der Waals surface area (Å²) in [6.07, 6.45) is 5.79. The van der Waals surface area contributed by atoms with Crippen molar-refractivity contribution in [3.8, 4) is 0 Å². The molecule has 5 heteroatoms. The first kappa shape index (κ1) is 13.0. The number of amides is 1. The lowest BCUT2D eigenvalue weighted by Gasteiger charge is -2.11. The lowest BCUT2D eigenvalue weighted by Crippen LogP contribution is -2.06. The zero-order valence-electron chi connectivity index (χ0n) is 10.4. The van der Waals surface area contributed by atoms with E-state index in [1.807, 2.05) is 6.42 Å². The lowest BCUT2D eigenvalue weighted by molar-refractivity contribution is -0.418. The second-order valence-electron chi connectivity index (χ2n) is 4.16. The first-order valence-corrected chi connectivity index (χ1v) is 5.84. The normalized spacial score (nSPS) is 14.4. The Morgan fingerprint density at radius 2 is 2.00 bits per heavy atom. The molecule has 0 saturated heterocycles. The molecule has 0 fully saturated rings. The number of allylic oxidation sites excluding steroid dienone is 3. The minimum atomic E-state index is -0.386. The molecule has 1 N–H and O–H groups in total. The smallest absolute Gasteiger partial charge is 0.273 e. The number of hydrogen-bond donors (Lipinski definition) is 1. The molecule has 0 bridgehead atoms. The Bertz CT molecular complexity index is 571. The van der Waals surface area contributed by atoms with Crippen LogP contribution >= 0.6 is 0 Å². The number of benzene rings is 1. The van der Waals surface area contributed by atoms with Crippen LogP contribution in [0.2, 0.25) is 0 Å². The summed E-state index contributed by atoms with van der Waals surface area (Å²) in [4.78, 5) is 21.5. The van der Waals surface area contributed by atoms with Crippen molar-refractivity contribution in [1.82, 2.24) is 0 Å². The Morgan fingerprint density at radius 3 is 2.58 bits per heavy atom. The minimum absolute atomic E-state index is 0.0959. The van der Waals surface area contributed by atoms with Crippen LogP contribution in [0.15, 0.2) is 42.1 Å². The molecule has 1 aliphatic carbocycles. The molecule has 1 aromatic carbocycles. The van der Waals surface area contributed by atoms with Crippen LogP contribution in [0.4, 0.5) is 5.69 Å².